The third kappa shape index (κ3) is 3.37. The van der Waals surface area contributed by atoms with E-state index in [9.17, 15) is 4.79 Å². The summed E-state index contributed by atoms with van der Waals surface area (Å²) in [6.07, 6.45) is 1.81. The van der Waals surface area contributed by atoms with Crippen LogP contribution in [0.15, 0.2) is 28.7 Å². The zero-order valence-electron chi connectivity index (χ0n) is 11.5. The molecule has 1 saturated heterocycles. The minimum Gasteiger partial charge on any atom is -0.349 e. The summed E-state index contributed by atoms with van der Waals surface area (Å²) < 4.78 is 1.04. The van der Waals surface area contributed by atoms with Crippen molar-refractivity contribution in [3.63, 3.8) is 0 Å². The molecule has 1 atom stereocenters. The van der Waals surface area contributed by atoms with E-state index in [1.807, 2.05) is 31.2 Å². The van der Waals surface area contributed by atoms with Crippen molar-refractivity contribution in [2.24, 2.45) is 5.41 Å². The number of carbonyl (C=O) groups excluding carboxylic acids is 1. The van der Waals surface area contributed by atoms with Gasteiger partial charge < -0.3 is 10.6 Å². The number of rotatable bonds is 3. The van der Waals surface area contributed by atoms with Gasteiger partial charge in [-0.25, -0.2) is 0 Å². The molecule has 104 valence electrons. The molecule has 1 amide bonds. The molecule has 1 aliphatic rings. The molecular formula is C15H21BrN2O. The Morgan fingerprint density at radius 3 is 2.63 bits per heavy atom. The summed E-state index contributed by atoms with van der Waals surface area (Å²) >= 11 is 3.53. The molecule has 1 heterocycles. The highest BCUT2D eigenvalue weighted by molar-refractivity contribution is 9.10. The van der Waals surface area contributed by atoms with E-state index >= 15 is 0 Å². The number of nitrogens with one attached hydrogen (secondary N) is 2. The van der Waals surface area contributed by atoms with Gasteiger partial charge in [-0.2, -0.15) is 0 Å². The van der Waals surface area contributed by atoms with Crippen LogP contribution in [0, 0.1) is 5.41 Å². The summed E-state index contributed by atoms with van der Waals surface area (Å²) in [5.74, 6) is 0.164. The fourth-order valence-electron chi connectivity index (χ4n) is 2.48. The number of piperidine rings is 1. The van der Waals surface area contributed by atoms with Gasteiger partial charge in [0.15, 0.2) is 0 Å². The molecule has 1 aromatic rings. The monoisotopic (exact) mass is 324 g/mol. The lowest BCUT2D eigenvalue weighted by molar-refractivity contribution is -0.132. The summed E-state index contributed by atoms with van der Waals surface area (Å²) in [7, 11) is 0. The van der Waals surface area contributed by atoms with Gasteiger partial charge in [0.05, 0.1) is 6.04 Å². The second kappa shape index (κ2) is 6.06. The number of amides is 1. The lowest BCUT2D eigenvalue weighted by Gasteiger charge is -2.33. The fourth-order valence-corrected chi connectivity index (χ4v) is 3.11. The van der Waals surface area contributed by atoms with Crippen LogP contribution in [0.2, 0.25) is 0 Å². The Balaban J connectivity index is 2.04. The zero-order valence-corrected chi connectivity index (χ0v) is 13.1. The highest BCUT2D eigenvalue weighted by Crippen LogP contribution is 2.30. The first-order valence-electron chi connectivity index (χ1n) is 6.79. The van der Waals surface area contributed by atoms with E-state index in [0.29, 0.717) is 0 Å². The van der Waals surface area contributed by atoms with Gasteiger partial charge in [-0.3, -0.25) is 4.79 Å². The zero-order chi connectivity index (χ0) is 13.9. The number of halogens is 1. The van der Waals surface area contributed by atoms with Crippen LogP contribution in [-0.2, 0) is 4.79 Å². The Hall–Kier alpha value is -0.870. The molecule has 1 aromatic carbocycles. The Kier molecular flexibility index (Phi) is 4.63. The molecule has 2 rings (SSSR count). The van der Waals surface area contributed by atoms with Crippen molar-refractivity contribution in [2.45, 2.75) is 32.7 Å². The largest absolute Gasteiger partial charge is 0.349 e. The number of hydrogen-bond donors (Lipinski definition) is 2. The first-order valence-corrected chi connectivity index (χ1v) is 7.58. The maximum atomic E-state index is 12.5. The fraction of sp³-hybridized carbons (Fsp3) is 0.533. The molecule has 0 unspecified atom stereocenters. The van der Waals surface area contributed by atoms with Gasteiger partial charge in [-0.15, -0.1) is 0 Å². The van der Waals surface area contributed by atoms with Crippen molar-refractivity contribution in [3.05, 3.63) is 34.3 Å². The standard InChI is InChI=1S/C15H21BrN2O/c1-11(12-5-3-4-6-13(12)16)18-14(19)15(2)7-9-17-10-8-15/h3-6,11,17H,7-10H2,1-2H3,(H,18,19)/t11-/m0/s1. The van der Waals surface area contributed by atoms with Gasteiger partial charge in [-0.05, 0) is 44.5 Å². The van der Waals surface area contributed by atoms with Crippen LogP contribution in [0.25, 0.3) is 0 Å². The van der Waals surface area contributed by atoms with Crippen molar-refractivity contribution < 1.29 is 4.79 Å². The van der Waals surface area contributed by atoms with Crippen LogP contribution < -0.4 is 10.6 Å². The second-order valence-electron chi connectivity index (χ2n) is 5.53. The normalized spacial score (nSPS) is 19.7. The molecular weight excluding hydrogens is 304 g/mol. The molecule has 0 aliphatic carbocycles. The minimum atomic E-state index is -0.235. The molecule has 3 nitrogen and oxygen atoms in total. The predicted octanol–water partition coefficient (Wildman–Crippen LogP) is 3.02. The lowest BCUT2D eigenvalue weighted by Crippen LogP contribution is -2.46. The molecule has 0 spiro atoms. The molecule has 0 saturated carbocycles. The van der Waals surface area contributed by atoms with E-state index in [0.717, 1.165) is 36.0 Å². The Bertz CT molecular complexity index is 455. The van der Waals surface area contributed by atoms with Crippen LogP contribution in [0.3, 0.4) is 0 Å². The SMILES string of the molecule is C[C@H](NC(=O)C1(C)CCNCC1)c1ccccc1Br. The Morgan fingerprint density at radius 2 is 2.00 bits per heavy atom. The van der Waals surface area contributed by atoms with Gasteiger partial charge in [0.25, 0.3) is 0 Å². The summed E-state index contributed by atoms with van der Waals surface area (Å²) in [4.78, 5) is 12.5. The predicted molar refractivity (Wildman–Crippen MR) is 80.9 cm³/mol. The number of hydrogen-bond acceptors (Lipinski definition) is 2. The summed E-state index contributed by atoms with van der Waals surface area (Å²) in [5, 5.41) is 6.45. The topological polar surface area (TPSA) is 41.1 Å². The summed E-state index contributed by atoms with van der Waals surface area (Å²) in [6, 6.07) is 8.05. The molecule has 1 aliphatic heterocycles. The first kappa shape index (κ1) is 14.5. The molecule has 2 N–H and O–H groups in total. The van der Waals surface area contributed by atoms with Crippen molar-refractivity contribution >= 4 is 21.8 Å². The number of carbonyl (C=O) groups is 1. The van der Waals surface area contributed by atoms with Crippen LogP contribution >= 0.6 is 15.9 Å². The molecule has 4 heteroatoms. The van der Waals surface area contributed by atoms with E-state index in [-0.39, 0.29) is 17.4 Å². The highest BCUT2D eigenvalue weighted by Gasteiger charge is 2.35. The van der Waals surface area contributed by atoms with Crippen molar-refractivity contribution in [2.75, 3.05) is 13.1 Å². The lowest BCUT2D eigenvalue weighted by atomic mass is 9.80. The smallest absolute Gasteiger partial charge is 0.226 e. The van der Waals surface area contributed by atoms with E-state index in [1.165, 1.54) is 0 Å². The number of benzene rings is 1. The van der Waals surface area contributed by atoms with Crippen LogP contribution in [0.1, 0.15) is 38.3 Å². The van der Waals surface area contributed by atoms with E-state index in [4.69, 9.17) is 0 Å². The van der Waals surface area contributed by atoms with Gasteiger partial charge in [-0.1, -0.05) is 41.1 Å². The van der Waals surface area contributed by atoms with E-state index in [1.54, 1.807) is 0 Å². The summed E-state index contributed by atoms with van der Waals surface area (Å²) in [6.45, 7) is 5.94. The van der Waals surface area contributed by atoms with E-state index < -0.39 is 0 Å². The molecule has 0 aromatic heterocycles. The third-order valence-electron chi connectivity index (χ3n) is 3.97. The minimum absolute atomic E-state index is 0.0229. The maximum Gasteiger partial charge on any atom is 0.226 e. The maximum absolute atomic E-state index is 12.5. The molecule has 0 radical (unpaired) electrons. The van der Waals surface area contributed by atoms with Crippen molar-refractivity contribution in [1.29, 1.82) is 0 Å². The molecule has 1 fully saturated rings. The van der Waals surface area contributed by atoms with Crippen molar-refractivity contribution in [1.82, 2.24) is 10.6 Å². The third-order valence-corrected chi connectivity index (χ3v) is 4.70. The Labute approximate surface area is 123 Å². The van der Waals surface area contributed by atoms with Crippen LogP contribution in [0.5, 0.6) is 0 Å². The first-order chi connectivity index (χ1) is 9.03. The van der Waals surface area contributed by atoms with Gasteiger partial charge >= 0.3 is 0 Å². The molecule has 19 heavy (non-hydrogen) atoms. The summed E-state index contributed by atoms with van der Waals surface area (Å²) in [5.41, 5.74) is 0.884. The second-order valence-corrected chi connectivity index (χ2v) is 6.38. The van der Waals surface area contributed by atoms with Gasteiger partial charge in [0.2, 0.25) is 5.91 Å². The average Bonchev–Trinajstić information content (AvgIpc) is 2.40. The molecule has 0 bridgehead atoms. The van der Waals surface area contributed by atoms with Crippen molar-refractivity contribution in [3.8, 4) is 0 Å². The quantitative estimate of drug-likeness (QED) is 0.897. The van der Waals surface area contributed by atoms with E-state index in [2.05, 4.69) is 33.5 Å². The van der Waals surface area contributed by atoms with Gasteiger partial charge in [0, 0.05) is 9.89 Å². The van der Waals surface area contributed by atoms with Crippen LogP contribution in [-0.4, -0.2) is 19.0 Å². The highest BCUT2D eigenvalue weighted by atomic mass is 79.9. The average molecular weight is 325 g/mol. The van der Waals surface area contributed by atoms with Gasteiger partial charge in [0.1, 0.15) is 0 Å². The van der Waals surface area contributed by atoms with Crippen LogP contribution in [0.4, 0.5) is 0 Å². The Morgan fingerprint density at radius 1 is 1.37 bits per heavy atom.